The van der Waals surface area contributed by atoms with Crippen molar-refractivity contribution in [2.75, 3.05) is 0 Å². The van der Waals surface area contributed by atoms with E-state index in [9.17, 15) is 0 Å². The van der Waals surface area contributed by atoms with Crippen molar-refractivity contribution in [2.24, 2.45) is 16.9 Å². The normalized spacial score (nSPS) is 12.8. The van der Waals surface area contributed by atoms with Crippen LogP contribution in [0.3, 0.4) is 0 Å². The van der Waals surface area contributed by atoms with Crippen LogP contribution in [0, 0.1) is 5.92 Å². The molecule has 0 saturated carbocycles. The van der Waals surface area contributed by atoms with Crippen LogP contribution < -0.4 is 5.84 Å². The molecule has 0 fully saturated rings. The molecule has 0 radical (unpaired) electrons. The van der Waals surface area contributed by atoms with Gasteiger partial charge in [0.15, 0.2) is 0 Å². The molecule has 2 N–H and O–H groups in total. The largest absolute Gasteiger partial charge is 0.323 e. The molecule has 0 aromatic carbocycles. The molecule has 0 unspecified atom stereocenters. The van der Waals surface area contributed by atoms with Crippen LogP contribution in [0.5, 0.6) is 0 Å². The van der Waals surface area contributed by atoms with Crippen LogP contribution in [0.4, 0.5) is 0 Å². The van der Waals surface area contributed by atoms with Gasteiger partial charge in [-0.05, 0) is 12.3 Å². The van der Waals surface area contributed by atoms with Crippen molar-refractivity contribution in [1.29, 1.82) is 0 Å². The molecule has 48 valence electrons. The number of rotatable bonds is 2. The minimum Gasteiger partial charge on any atom is -0.323 e. The zero-order valence-electron chi connectivity index (χ0n) is 5.81. The Morgan fingerprint density at radius 3 is 2.12 bits per heavy atom. The van der Waals surface area contributed by atoms with Gasteiger partial charge in [0.25, 0.3) is 0 Å². The number of hydrogen-bond acceptors (Lipinski definition) is 2. The molecule has 0 spiro atoms. The van der Waals surface area contributed by atoms with Gasteiger partial charge in [-0.1, -0.05) is 20.8 Å². The second-order valence-corrected chi connectivity index (χ2v) is 2.13. The quantitative estimate of drug-likeness (QED) is 0.328. The average molecular weight is 114 g/mol. The van der Waals surface area contributed by atoms with Crippen LogP contribution in [0.15, 0.2) is 5.10 Å². The van der Waals surface area contributed by atoms with Crippen LogP contribution in [-0.2, 0) is 0 Å². The first-order valence-corrected chi connectivity index (χ1v) is 2.99. The molecule has 0 atom stereocenters. The molecule has 0 saturated heterocycles. The summed E-state index contributed by atoms with van der Waals surface area (Å²) in [6.45, 7) is 6.25. The Labute approximate surface area is 50.8 Å². The van der Waals surface area contributed by atoms with Gasteiger partial charge >= 0.3 is 0 Å². The van der Waals surface area contributed by atoms with Gasteiger partial charge in [0.2, 0.25) is 0 Å². The molecule has 0 aromatic rings. The highest BCUT2D eigenvalue weighted by molar-refractivity contribution is 5.85. The summed E-state index contributed by atoms with van der Waals surface area (Å²) in [6, 6.07) is 0. The second kappa shape index (κ2) is 3.47. The summed E-state index contributed by atoms with van der Waals surface area (Å²) in [7, 11) is 0. The Balaban J connectivity index is 3.72. The van der Waals surface area contributed by atoms with Crippen molar-refractivity contribution >= 4 is 5.71 Å². The number of nitrogens with zero attached hydrogens (tertiary/aromatic N) is 1. The fraction of sp³-hybridized carbons (Fsp3) is 0.833. The number of hydrazone groups is 1. The summed E-state index contributed by atoms with van der Waals surface area (Å²) < 4.78 is 0. The van der Waals surface area contributed by atoms with Crippen LogP contribution in [0.1, 0.15) is 27.2 Å². The lowest BCUT2D eigenvalue weighted by Crippen LogP contribution is -2.07. The van der Waals surface area contributed by atoms with E-state index in [-0.39, 0.29) is 0 Å². The van der Waals surface area contributed by atoms with E-state index in [2.05, 4.69) is 25.9 Å². The predicted molar refractivity (Wildman–Crippen MR) is 36.8 cm³/mol. The van der Waals surface area contributed by atoms with Gasteiger partial charge in [0.1, 0.15) is 0 Å². The van der Waals surface area contributed by atoms with Gasteiger partial charge < -0.3 is 5.84 Å². The molecule has 8 heavy (non-hydrogen) atoms. The molecule has 0 aliphatic rings. The van der Waals surface area contributed by atoms with Gasteiger partial charge in [-0.2, -0.15) is 5.10 Å². The molecular formula is C6H14N2. The Morgan fingerprint density at radius 1 is 1.62 bits per heavy atom. The lowest BCUT2D eigenvalue weighted by atomic mass is 10.1. The Hall–Kier alpha value is -0.530. The molecule has 0 bridgehead atoms. The SMILES string of the molecule is CC/C(=N\N)C(C)C. The predicted octanol–water partition coefficient (Wildman–Crippen LogP) is 1.37. The lowest BCUT2D eigenvalue weighted by Gasteiger charge is -2.02. The third kappa shape index (κ3) is 1.96. The Morgan fingerprint density at radius 2 is 2.12 bits per heavy atom. The fourth-order valence-electron chi connectivity index (χ4n) is 0.649. The summed E-state index contributed by atoms with van der Waals surface area (Å²) >= 11 is 0. The molecule has 2 nitrogen and oxygen atoms in total. The van der Waals surface area contributed by atoms with Crippen molar-refractivity contribution in [3.63, 3.8) is 0 Å². The van der Waals surface area contributed by atoms with E-state index in [4.69, 9.17) is 5.84 Å². The third-order valence-corrected chi connectivity index (χ3v) is 1.19. The Kier molecular flexibility index (Phi) is 3.24. The first-order valence-electron chi connectivity index (χ1n) is 2.99. The molecule has 0 aliphatic heterocycles. The van der Waals surface area contributed by atoms with Crippen LogP contribution in [0.2, 0.25) is 0 Å². The fourth-order valence-corrected chi connectivity index (χ4v) is 0.649. The van der Waals surface area contributed by atoms with Gasteiger partial charge in [-0.3, -0.25) is 0 Å². The van der Waals surface area contributed by atoms with Crippen molar-refractivity contribution in [3.8, 4) is 0 Å². The van der Waals surface area contributed by atoms with Crippen LogP contribution >= 0.6 is 0 Å². The minimum absolute atomic E-state index is 0.505. The summed E-state index contributed by atoms with van der Waals surface area (Å²) in [6.07, 6.45) is 0.966. The summed E-state index contributed by atoms with van der Waals surface area (Å²) in [5, 5.41) is 3.62. The van der Waals surface area contributed by atoms with Crippen molar-refractivity contribution in [2.45, 2.75) is 27.2 Å². The van der Waals surface area contributed by atoms with Gasteiger partial charge in [-0.15, -0.1) is 0 Å². The second-order valence-electron chi connectivity index (χ2n) is 2.13. The summed E-state index contributed by atoms with van der Waals surface area (Å²) in [5.74, 6) is 5.58. The van der Waals surface area contributed by atoms with Crippen molar-refractivity contribution in [1.82, 2.24) is 0 Å². The molecule has 0 aromatic heterocycles. The van der Waals surface area contributed by atoms with Crippen molar-refractivity contribution < 1.29 is 0 Å². The first kappa shape index (κ1) is 7.47. The molecule has 0 heterocycles. The maximum absolute atomic E-state index is 5.07. The van der Waals surface area contributed by atoms with E-state index in [0.717, 1.165) is 12.1 Å². The van der Waals surface area contributed by atoms with Crippen LogP contribution in [-0.4, -0.2) is 5.71 Å². The molecular weight excluding hydrogens is 100 g/mol. The maximum Gasteiger partial charge on any atom is 0.0398 e. The molecule has 2 heteroatoms. The number of hydrogen-bond donors (Lipinski definition) is 1. The zero-order chi connectivity index (χ0) is 6.57. The molecule has 0 rings (SSSR count). The van der Waals surface area contributed by atoms with E-state index >= 15 is 0 Å². The highest BCUT2D eigenvalue weighted by Crippen LogP contribution is 1.98. The highest BCUT2D eigenvalue weighted by Gasteiger charge is 1.99. The van der Waals surface area contributed by atoms with Crippen LogP contribution in [0.25, 0.3) is 0 Å². The third-order valence-electron chi connectivity index (χ3n) is 1.19. The van der Waals surface area contributed by atoms with E-state index < -0.39 is 0 Å². The zero-order valence-corrected chi connectivity index (χ0v) is 5.81. The maximum atomic E-state index is 5.07. The van der Waals surface area contributed by atoms with E-state index in [1.54, 1.807) is 0 Å². The van der Waals surface area contributed by atoms with Crippen molar-refractivity contribution in [3.05, 3.63) is 0 Å². The van der Waals surface area contributed by atoms with E-state index in [0.29, 0.717) is 5.92 Å². The van der Waals surface area contributed by atoms with Gasteiger partial charge in [0, 0.05) is 5.71 Å². The monoisotopic (exact) mass is 114 g/mol. The van der Waals surface area contributed by atoms with E-state index in [1.165, 1.54) is 0 Å². The average Bonchev–Trinajstić information content (AvgIpc) is 1.69. The Bertz CT molecular complexity index is 84.5. The highest BCUT2D eigenvalue weighted by atomic mass is 15.1. The van der Waals surface area contributed by atoms with Gasteiger partial charge in [-0.25, -0.2) is 0 Å². The smallest absolute Gasteiger partial charge is 0.0398 e. The van der Waals surface area contributed by atoms with Gasteiger partial charge in [0.05, 0.1) is 0 Å². The lowest BCUT2D eigenvalue weighted by molar-refractivity contribution is 0.847. The summed E-state index contributed by atoms with van der Waals surface area (Å²) in [5.41, 5.74) is 1.09. The molecule has 0 amide bonds. The topological polar surface area (TPSA) is 38.4 Å². The first-order chi connectivity index (χ1) is 3.72. The standard InChI is InChI=1S/C6H14N2/c1-4-6(8-7)5(2)3/h5H,4,7H2,1-3H3/b8-6+. The molecule has 0 aliphatic carbocycles. The summed E-state index contributed by atoms with van der Waals surface area (Å²) in [4.78, 5) is 0. The minimum atomic E-state index is 0.505. The van der Waals surface area contributed by atoms with E-state index in [1.807, 2.05) is 0 Å². The number of nitrogens with two attached hydrogens (primary N) is 1.